The molecule has 3 rings (SSSR count). The SMILES string of the molecule is O=C(CN(Cc1ccccc1)Cc1ccco1)Nc1cccc(Cl)c1. The molecule has 1 amide bonds. The van der Waals surface area contributed by atoms with Gasteiger partial charge in [0.2, 0.25) is 5.91 Å². The first-order valence-electron chi connectivity index (χ1n) is 8.03. The number of anilines is 1. The van der Waals surface area contributed by atoms with Gasteiger partial charge in [0.15, 0.2) is 0 Å². The number of hydrogen-bond donors (Lipinski definition) is 1. The summed E-state index contributed by atoms with van der Waals surface area (Å²) in [6.45, 7) is 1.47. The van der Waals surface area contributed by atoms with Crippen LogP contribution in [0.4, 0.5) is 5.69 Å². The molecule has 2 aromatic carbocycles. The molecule has 5 heteroatoms. The van der Waals surface area contributed by atoms with Crippen molar-refractivity contribution in [1.82, 2.24) is 4.90 Å². The Morgan fingerprint density at radius 3 is 2.56 bits per heavy atom. The van der Waals surface area contributed by atoms with Crippen LogP contribution >= 0.6 is 11.6 Å². The van der Waals surface area contributed by atoms with Gasteiger partial charge in [-0.2, -0.15) is 0 Å². The lowest BCUT2D eigenvalue weighted by molar-refractivity contribution is -0.117. The third-order valence-corrected chi connectivity index (χ3v) is 3.92. The lowest BCUT2D eigenvalue weighted by Gasteiger charge is -2.21. The third-order valence-electron chi connectivity index (χ3n) is 3.68. The minimum absolute atomic E-state index is 0.0928. The van der Waals surface area contributed by atoms with Crippen LogP contribution in [0.15, 0.2) is 77.4 Å². The maximum absolute atomic E-state index is 12.4. The Balaban J connectivity index is 1.66. The predicted molar refractivity (Wildman–Crippen MR) is 99.3 cm³/mol. The van der Waals surface area contributed by atoms with Crippen LogP contribution in [0.5, 0.6) is 0 Å². The van der Waals surface area contributed by atoms with Crippen molar-refractivity contribution in [2.24, 2.45) is 0 Å². The third kappa shape index (κ3) is 5.48. The zero-order chi connectivity index (χ0) is 17.5. The van der Waals surface area contributed by atoms with E-state index in [2.05, 4.69) is 5.32 Å². The number of benzene rings is 2. The monoisotopic (exact) mass is 354 g/mol. The molecule has 0 bridgehead atoms. The van der Waals surface area contributed by atoms with Crippen molar-refractivity contribution in [2.75, 3.05) is 11.9 Å². The molecule has 1 aromatic heterocycles. The molecule has 0 atom stereocenters. The molecule has 25 heavy (non-hydrogen) atoms. The number of carbonyl (C=O) groups excluding carboxylic acids is 1. The van der Waals surface area contributed by atoms with Gasteiger partial charge >= 0.3 is 0 Å². The molecule has 0 aliphatic heterocycles. The number of carbonyl (C=O) groups is 1. The second kappa shape index (κ2) is 8.51. The van der Waals surface area contributed by atoms with E-state index in [4.69, 9.17) is 16.0 Å². The Morgan fingerprint density at radius 2 is 1.84 bits per heavy atom. The van der Waals surface area contributed by atoms with E-state index < -0.39 is 0 Å². The summed E-state index contributed by atoms with van der Waals surface area (Å²) < 4.78 is 5.43. The molecule has 4 nitrogen and oxygen atoms in total. The topological polar surface area (TPSA) is 45.5 Å². The largest absolute Gasteiger partial charge is 0.468 e. The van der Waals surface area contributed by atoms with E-state index in [9.17, 15) is 4.79 Å². The molecule has 0 saturated carbocycles. The average Bonchev–Trinajstić information content (AvgIpc) is 3.08. The van der Waals surface area contributed by atoms with E-state index in [0.717, 1.165) is 11.3 Å². The fraction of sp³-hybridized carbons (Fsp3) is 0.150. The summed E-state index contributed by atoms with van der Waals surface area (Å²) in [7, 11) is 0. The highest BCUT2D eigenvalue weighted by Gasteiger charge is 2.14. The first-order valence-corrected chi connectivity index (χ1v) is 8.41. The van der Waals surface area contributed by atoms with E-state index in [1.54, 1.807) is 18.4 Å². The molecule has 0 spiro atoms. The average molecular weight is 355 g/mol. The molecule has 0 unspecified atom stereocenters. The Bertz CT molecular complexity index is 804. The Morgan fingerprint density at radius 1 is 1.00 bits per heavy atom. The van der Waals surface area contributed by atoms with E-state index >= 15 is 0 Å². The molecule has 0 aliphatic rings. The predicted octanol–water partition coefficient (Wildman–Crippen LogP) is 4.57. The maximum Gasteiger partial charge on any atom is 0.238 e. The number of hydrogen-bond acceptors (Lipinski definition) is 3. The standard InChI is InChI=1S/C20H19ClN2O2/c21-17-8-4-9-18(12-17)22-20(24)15-23(14-19-10-5-11-25-19)13-16-6-2-1-3-7-16/h1-12H,13-15H2,(H,22,24). The van der Waals surface area contributed by atoms with Crippen LogP contribution in [0.25, 0.3) is 0 Å². The highest BCUT2D eigenvalue weighted by molar-refractivity contribution is 6.30. The fourth-order valence-electron chi connectivity index (χ4n) is 2.60. The molecule has 1 heterocycles. The second-order valence-electron chi connectivity index (χ2n) is 5.77. The van der Waals surface area contributed by atoms with Crippen molar-refractivity contribution in [3.63, 3.8) is 0 Å². The number of nitrogens with zero attached hydrogens (tertiary/aromatic N) is 1. The van der Waals surface area contributed by atoms with Gasteiger partial charge in [-0.3, -0.25) is 9.69 Å². The van der Waals surface area contributed by atoms with Crippen LogP contribution < -0.4 is 5.32 Å². The summed E-state index contributed by atoms with van der Waals surface area (Å²) in [6.07, 6.45) is 1.64. The van der Waals surface area contributed by atoms with Gasteiger partial charge in [-0.15, -0.1) is 0 Å². The number of halogens is 1. The number of nitrogens with one attached hydrogen (secondary N) is 1. The van der Waals surface area contributed by atoms with Crippen molar-refractivity contribution in [3.05, 3.63) is 89.3 Å². The van der Waals surface area contributed by atoms with E-state index in [1.807, 2.05) is 59.5 Å². The van der Waals surface area contributed by atoms with Crippen molar-refractivity contribution in [3.8, 4) is 0 Å². The van der Waals surface area contributed by atoms with Crippen molar-refractivity contribution in [1.29, 1.82) is 0 Å². The van der Waals surface area contributed by atoms with Gasteiger partial charge in [-0.1, -0.05) is 48.0 Å². The molecular weight excluding hydrogens is 336 g/mol. The fourth-order valence-corrected chi connectivity index (χ4v) is 2.79. The summed E-state index contributed by atoms with van der Waals surface area (Å²) in [5.41, 5.74) is 1.83. The molecule has 0 fully saturated rings. The Kier molecular flexibility index (Phi) is 5.88. The van der Waals surface area contributed by atoms with Crippen LogP contribution in [0.2, 0.25) is 5.02 Å². The summed E-state index contributed by atoms with van der Waals surface area (Å²) in [4.78, 5) is 14.5. The molecule has 0 saturated heterocycles. The van der Waals surface area contributed by atoms with Gasteiger partial charge in [-0.05, 0) is 35.9 Å². The van der Waals surface area contributed by atoms with E-state index in [1.165, 1.54) is 0 Å². The lowest BCUT2D eigenvalue weighted by Crippen LogP contribution is -2.32. The minimum atomic E-state index is -0.0928. The zero-order valence-electron chi connectivity index (χ0n) is 13.7. The van der Waals surface area contributed by atoms with Crippen LogP contribution in [0.3, 0.4) is 0 Å². The lowest BCUT2D eigenvalue weighted by atomic mass is 10.2. The first-order chi connectivity index (χ1) is 12.2. The van der Waals surface area contributed by atoms with E-state index in [0.29, 0.717) is 23.8 Å². The van der Waals surface area contributed by atoms with Gasteiger partial charge in [-0.25, -0.2) is 0 Å². The molecule has 0 aliphatic carbocycles. The van der Waals surface area contributed by atoms with Crippen LogP contribution in [-0.4, -0.2) is 17.4 Å². The summed E-state index contributed by atoms with van der Waals surface area (Å²) in [5, 5.41) is 3.48. The molecule has 1 N–H and O–H groups in total. The van der Waals surface area contributed by atoms with Gasteiger partial charge in [0.1, 0.15) is 5.76 Å². The maximum atomic E-state index is 12.4. The molecule has 128 valence electrons. The highest BCUT2D eigenvalue weighted by Crippen LogP contribution is 2.15. The molecule has 0 radical (unpaired) electrons. The Hall–Kier alpha value is -2.56. The molecular formula is C20H19ClN2O2. The quantitative estimate of drug-likeness (QED) is 0.675. The number of furan rings is 1. The van der Waals surface area contributed by atoms with Crippen molar-refractivity contribution < 1.29 is 9.21 Å². The summed E-state index contributed by atoms with van der Waals surface area (Å²) >= 11 is 5.96. The number of rotatable bonds is 7. The normalized spacial score (nSPS) is 10.8. The smallest absolute Gasteiger partial charge is 0.238 e. The zero-order valence-corrected chi connectivity index (χ0v) is 14.4. The number of amides is 1. The van der Waals surface area contributed by atoms with Gasteiger partial charge < -0.3 is 9.73 Å². The van der Waals surface area contributed by atoms with Gasteiger partial charge in [0.05, 0.1) is 19.4 Å². The van der Waals surface area contributed by atoms with Crippen molar-refractivity contribution in [2.45, 2.75) is 13.1 Å². The summed E-state index contributed by atoms with van der Waals surface area (Å²) in [6, 6.07) is 20.9. The first kappa shape index (κ1) is 17.3. The molecule has 3 aromatic rings. The van der Waals surface area contributed by atoms with Crippen LogP contribution in [0, 0.1) is 0 Å². The summed E-state index contributed by atoms with van der Waals surface area (Å²) in [5.74, 6) is 0.733. The Labute approximate surface area is 152 Å². The minimum Gasteiger partial charge on any atom is -0.468 e. The highest BCUT2D eigenvalue weighted by atomic mass is 35.5. The van der Waals surface area contributed by atoms with Gasteiger partial charge in [0.25, 0.3) is 0 Å². The van der Waals surface area contributed by atoms with Crippen LogP contribution in [0.1, 0.15) is 11.3 Å². The van der Waals surface area contributed by atoms with Crippen LogP contribution in [-0.2, 0) is 17.9 Å². The van der Waals surface area contributed by atoms with Gasteiger partial charge in [0, 0.05) is 17.3 Å². The second-order valence-corrected chi connectivity index (χ2v) is 6.21. The van der Waals surface area contributed by atoms with E-state index in [-0.39, 0.29) is 12.5 Å². The van der Waals surface area contributed by atoms with Crippen molar-refractivity contribution >= 4 is 23.2 Å².